The third-order valence-electron chi connectivity index (χ3n) is 4.23. The summed E-state index contributed by atoms with van der Waals surface area (Å²) in [4.78, 5) is 23.7. The van der Waals surface area contributed by atoms with Crippen LogP contribution in [0.5, 0.6) is 0 Å². The Morgan fingerprint density at radius 3 is 2.89 bits per heavy atom. The van der Waals surface area contributed by atoms with Gasteiger partial charge >= 0.3 is 5.97 Å². The molecule has 0 aromatic heterocycles. The van der Waals surface area contributed by atoms with Gasteiger partial charge in [-0.2, -0.15) is 0 Å². The van der Waals surface area contributed by atoms with E-state index in [4.69, 9.17) is 4.74 Å². The molecule has 18 heavy (non-hydrogen) atoms. The lowest BCUT2D eigenvalue weighted by Gasteiger charge is -2.10. The Morgan fingerprint density at radius 2 is 2.28 bits per heavy atom. The van der Waals surface area contributed by atoms with Crippen LogP contribution in [0.4, 0.5) is 4.39 Å². The zero-order valence-corrected chi connectivity index (χ0v) is 9.98. The first-order chi connectivity index (χ1) is 8.59. The summed E-state index contributed by atoms with van der Waals surface area (Å²) in [6.07, 6.45) is 0.850. The average molecular weight is 248 g/mol. The standard InChI is InChI=1S/C14H13FO3/c1-18-13(17)14-7-11(14)10(6-12(14)16)8-3-2-4-9(15)5-8/h2-5,10-11H,6-7H2,1H3. The van der Waals surface area contributed by atoms with Gasteiger partial charge in [0.1, 0.15) is 11.2 Å². The highest BCUT2D eigenvalue weighted by Crippen LogP contribution is 2.67. The number of Topliss-reactive ketones (excluding diaryl/α,β-unsaturated/α-hetero) is 1. The van der Waals surface area contributed by atoms with Crippen molar-refractivity contribution in [2.45, 2.75) is 18.8 Å². The van der Waals surface area contributed by atoms with Gasteiger partial charge in [-0.05, 0) is 36.0 Å². The molecule has 0 aliphatic heterocycles. The summed E-state index contributed by atoms with van der Waals surface area (Å²) >= 11 is 0. The molecule has 3 rings (SSSR count). The second-order valence-electron chi connectivity index (χ2n) is 5.06. The molecule has 3 atom stereocenters. The van der Waals surface area contributed by atoms with Crippen molar-refractivity contribution in [3.63, 3.8) is 0 Å². The quantitative estimate of drug-likeness (QED) is 0.594. The van der Waals surface area contributed by atoms with E-state index in [0.717, 1.165) is 5.56 Å². The van der Waals surface area contributed by atoms with Gasteiger partial charge in [0.25, 0.3) is 0 Å². The van der Waals surface area contributed by atoms with E-state index < -0.39 is 11.4 Å². The first-order valence-corrected chi connectivity index (χ1v) is 5.97. The van der Waals surface area contributed by atoms with Crippen molar-refractivity contribution < 1.29 is 18.7 Å². The van der Waals surface area contributed by atoms with Crippen LogP contribution in [0.15, 0.2) is 24.3 Å². The Labute approximate surface area is 104 Å². The number of hydrogen-bond acceptors (Lipinski definition) is 3. The number of hydrogen-bond donors (Lipinski definition) is 0. The Balaban J connectivity index is 1.92. The maximum atomic E-state index is 13.2. The number of halogens is 1. The lowest BCUT2D eigenvalue weighted by atomic mass is 9.94. The van der Waals surface area contributed by atoms with E-state index in [2.05, 4.69) is 0 Å². The molecular formula is C14H13FO3. The number of rotatable bonds is 2. The molecule has 2 saturated carbocycles. The smallest absolute Gasteiger partial charge is 0.319 e. The molecule has 0 N–H and O–H groups in total. The second-order valence-corrected chi connectivity index (χ2v) is 5.06. The SMILES string of the molecule is COC(=O)C12CC1C(c1cccc(F)c1)CC2=O. The van der Waals surface area contributed by atoms with Crippen LogP contribution in [0.1, 0.15) is 24.3 Å². The monoisotopic (exact) mass is 248 g/mol. The fourth-order valence-electron chi connectivity index (χ4n) is 3.24. The number of ketones is 1. The van der Waals surface area contributed by atoms with Crippen LogP contribution >= 0.6 is 0 Å². The van der Waals surface area contributed by atoms with Crippen molar-refractivity contribution in [3.05, 3.63) is 35.6 Å². The third-order valence-corrected chi connectivity index (χ3v) is 4.23. The number of esters is 1. The maximum absolute atomic E-state index is 13.2. The molecule has 94 valence electrons. The highest BCUT2D eigenvalue weighted by atomic mass is 19.1. The van der Waals surface area contributed by atoms with Crippen LogP contribution in [-0.2, 0) is 14.3 Å². The molecule has 1 aromatic carbocycles. The Bertz CT molecular complexity index is 540. The summed E-state index contributed by atoms with van der Waals surface area (Å²) in [6, 6.07) is 6.27. The second kappa shape index (κ2) is 3.64. The molecule has 4 heteroatoms. The molecule has 0 radical (unpaired) electrons. The summed E-state index contributed by atoms with van der Waals surface area (Å²) in [5.41, 5.74) is -0.122. The minimum atomic E-state index is -0.925. The Kier molecular flexibility index (Phi) is 2.30. The van der Waals surface area contributed by atoms with Gasteiger partial charge in [-0.3, -0.25) is 9.59 Å². The topological polar surface area (TPSA) is 43.4 Å². The van der Waals surface area contributed by atoms with Crippen molar-refractivity contribution in [1.29, 1.82) is 0 Å². The average Bonchev–Trinajstić information content (AvgIpc) is 3.05. The van der Waals surface area contributed by atoms with Crippen molar-refractivity contribution in [2.75, 3.05) is 7.11 Å². The fraction of sp³-hybridized carbons (Fsp3) is 0.429. The van der Waals surface area contributed by atoms with Gasteiger partial charge in [0.2, 0.25) is 0 Å². The lowest BCUT2D eigenvalue weighted by Crippen LogP contribution is -2.24. The summed E-state index contributed by atoms with van der Waals surface area (Å²) in [5.74, 6) is -0.868. The molecule has 3 nitrogen and oxygen atoms in total. The number of carbonyl (C=O) groups is 2. The predicted molar refractivity (Wildman–Crippen MR) is 61.3 cm³/mol. The van der Waals surface area contributed by atoms with Gasteiger partial charge in [0, 0.05) is 6.42 Å². The summed E-state index contributed by atoms with van der Waals surface area (Å²) in [5, 5.41) is 0. The van der Waals surface area contributed by atoms with Gasteiger partial charge in [-0.15, -0.1) is 0 Å². The van der Waals surface area contributed by atoms with E-state index in [1.54, 1.807) is 6.07 Å². The summed E-state index contributed by atoms with van der Waals surface area (Å²) < 4.78 is 17.9. The van der Waals surface area contributed by atoms with Gasteiger partial charge in [0.05, 0.1) is 7.11 Å². The minimum absolute atomic E-state index is 0.0146. The normalized spacial score (nSPS) is 33.1. The Hall–Kier alpha value is -1.71. The van der Waals surface area contributed by atoms with Crippen molar-refractivity contribution in [2.24, 2.45) is 11.3 Å². The molecule has 0 amide bonds. The van der Waals surface area contributed by atoms with E-state index in [1.807, 2.05) is 6.07 Å². The highest BCUT2D eigenvalue weighted by Gasteiger charge is 2.72. The molecule has 0 saturated heterocycles. The number of fused-ring (bicyclic) bond motifs is 1. The third kappa shape index (κ3) is 1.35. The maximum Gasteiger partial charge on any atom is 0.319 e. The molecule has 2 aliphatic rings. The van der Waals surface area contributed by atoms with Gasteiger partial charge in [-0.25, -0.2) is 4.39 Å². The van der Waals surface area contributed by atoms with E-state index in [0.29, 0.717) is 12.8 Å². The van der Waals surface area contributed by atoms with Crippen molar-refractivity contribution >= 4 is 11.8 Å². The molecule has 3 unspecified atom stereocenters. The lowest BCUT2D eigenvalue weighted by molar-refractivity contribution is -0.150. The van der Waals surface area contributed by atoms with Gasteiger partial charge in [0.15, 0.2) is 5.78 Å². The molecule has 2 fully saturated rings. The van der Waals surface area contributed by atoms with E-state index in [9.17, 15) is 14.0 Å². The molecule has 0 heterocycles. The molecule has 0 bridgehead atoms. The number of benzene rings is 1. The van der Waals surface area contributed by atoms with Crippen molar-refractivity contribution in [3.8, 4) is 0 Å². The minimum Gasteiger partial charge on any atom is -0.468 e. The Morgan fingerprint density at radius 1 is 1.50 bits per heavy atom. The zero-order valence-electron chi connectivity index (χ0n) is 9.98. The highest BCUT2D eigenvalue weighted by molar-refractivity contribution is 6.10. The molecule has 2 aliphatic carbocycles. The largest absolute Gasteiger partial charge is 0.468 e. The van der Waals surface area contributed by atoms with Crippen LogP contribution < -0.4 is 0 Å². The molecule has 1 aromatic rings. The van der Waals surface area contributed by atoms with Crippen LogP contribution in [0.25, 0.3) is 0 Å². The number of methoxy groups -OCH3 is 1. The molecule has 0 spiro atoms. The van der Waals surface area contributed by atoms with Crippen LogP contribution in [0, 0.1) is 17.2 Å². The zero-order chi connectivity index (χ0) is 12.9. The van der Waals surface area contributed by atoms with Crippen LogP contribution in [-0.4, -0.2) is 18.9 Å². The first kappa shape index (κ1) is 11.4. The van der Waals surface area contributed by atoms with Gasteiger partial charge < -0.3 is 4.74 Å². The summed E-state index contributed by atoms with van der Waals surface area (Å²) in [7, 11) is 1.30. The fourth-order valence-corrected chi connectivity index (χ4v) is 3.24. The van der Waals surface area contributed by atoms with E-state index in [1.165, 1.54) is 19.2 Å². The van der Waals surface area contributed by atoms with E-state index in [-0.39, 0.29) is 23.4 Å². The summed E-state index contributed by atoms with van der Waals surface area (Å²) in [6.45, 7) is 0. The van der Waals surface area contributed by atoms with Crippen LogP contribution in [0.2, 0.25) is 0 Å². The first-order valence-electron chi connectivity index (χ1n) is 5.97. The predicted octanol–water partition coefficient (Wildman–Crippen LogP) is 2.06. The van der Waals surface area contributed by atoms with Crippen molar-refractivity contribution in [1.82, 2.24) is 0 Å². The van der Waals surface area contributed by atoms with Crippen LogP contribution in [0.3, 0.4) is 0 Å². The van der Waals surface area contributed by atoms with E-state index >= 15 is 0 Å². The number of ether oxygens (including phenoxy) is 1. The van der Waals surface area contributed by atoms with Gasteiger partial charge in [-0.1, -0.05) is 12.1 Å². The number of carbonyl (C=O) groups excluding carboxylic acids is 2. The molecular weight excluding hydrogens is 235 g/mol.